The molecule has 116 valence electrons. The van der Waals surface area contributed by atoms with E-state index in [0.717, 1.165) is 22.5 Å². The topological polar surface area (TPSA) is 32.3 Å². The third kappa shape index (κ3) is 3.61. The number of aliphatic hydroxyl groups excluding tert-OH is 1. The maximum Gasteiger partial charge on any atom is 0.104 e. The molecule has 1 atom stereocenters. The van der Waals surface area contributed by atoms with Crippen LogP contribution in [0.4, 0.5) is 11.4 Å². The fourth-order valence-electron chi connectivity index (χ4n) is 2.56. The van der Waals surface area contributed by atoms with E-state index in [2.05, 4.69) is 24.4 Å². The summed E-state index contributed by atoms with van der Waals surface area (Å²) in [5.41, 5.74) is 6.31. The molecule has 23 heavy (non-hydrogen) atoms. The summed E-state index contributed by atoms with van der Waals surface area (Å²) in [6, 6.07) is 24.1. The van der Waals surface area contributed by atoms with Crippen LogP contribution in [-0.4, -0.2) is 5.11 Å². The Morgan fingerprint density at radius 2 is 1.30 bits per heavy atom. The van der Waals surface area contributed by atoms with Crippen molar-refractivity contribution in [2.75, 3.05) is 5.32 Å². The lowest BCUT2D eigenvalue weighted by molar-refractivity contribution is 0.220. The zero-order valence-electron chi connectivity index (χ0n) is 13.5. The number of rotatable bonds is 4. The number of aliphatic hydroxyl groups is 1. The normalized spacial score (nSPS) is 12.0. The van der Waals surface area contributed by atoms with E-state index >= 15 is 0 Å². The van der Waals surface area contributed by atoms with Crippen molar-refractivity contribution >= 4 is 11.4 Å². The Kier molecular flexibility index (Phi) is 4.45. The summed E-state index contributed by atoms with van der Waals surface area (Å²) in [5.74, 6) is 0. The molecule has 0 heterocycles. The second-order valence-corrected chi connectivity index (χ2v) is 5.88. The van der Waals surface area contributed by atoms with Gasteiger partial charge in [0, 0.05) is 11.4 Å². The Bertz CT molecular complexity index is 776. The Labute approximate surface area is 137 Å². The summed E-state index contributed by atoms with van der Waals surface area (Å²) in [7, 11) is 0. The minimum Gasteiger partial charge on any atom is -0.384 e. The van der Waals surface area contributed by atoms with Gasteiger partial charge in [-0.3, -0.25) is 0 Å². The molecule has 3 aromatic carbocycles. The third-order valence-corrected chi connectivity index (χ3v) is 4.04. The first-order chi connectivity index (χ1) is 11.1. The molecule has 3 aromatic rings. The van der Waals surface area contributed by atoms with Gasteiger partial charge in [-0.2, -0.15) is 0 Å². The highest BCUT2D eigenvalue weighted by molar-refractivity contribution is 5.63. The lowest BCUT2D eigenvalue weighted by Gasteiger charge is -2.14. The zero-order valence-corrected chi connectivity index (χ0v) is 13.5. The van der Waals surface area contributed by atoms with E-state index in [9.17, 15) is 5.11 Å². The predicted octanol–water partition coefficient (Wildman–Crippen LogP) is 5.13. The molecule has 1 unspecified atom stereocenters. The smallest absolute Gasteiger partial charge is 0.104 e. The Morgan fingerprint density at radius 3 is 1.91 bits per heavy atom. The number of aryl methyl sites for hydroxylation is 2. The fraction of sp³-hybridized carbons (Fsp3) is 0.143. The zero-order chi connectivity index (χ0) is 16.2. The number of benzene rings is 3. The first-order valence-corrected chi connectivity index (χ1v) is 7.81. The highest BCUT2D eigenvalue weighted by atomic mass is 16.3. The fourth-order valence-corrected chi connectivity index (χ4v) is 2.56. The van der Waals surface area contributed by atoms with Crippen molar-refractivity contribution < 1.29 is 5.11 Å². The van der Waals surface area contributed by atoms with Crippen LogP contribution in [0.1, 0.15) is 28.4 Å². The Balaban J connectivity index is 1.76. The van der Waals surface area contributed by atoms with Gasteiger partial charge in [0.05, 0.1) is 0 Å². The van der Waals surface area contributed by atoms with Gasteiger partial charge in [0.1, 0.15) is 6.10 Å². The average Bonchev–Trinajstić information content (AvgIpc) is 2.58. The first-order valence-electron chi connectivity index (χ1n) is 7.81. The molecule has 0 saturated carbocycles. The van der Waals surface area contributed by atoms with Crippen molar-refractivity contribution in [1.29, 1.82) is 0 Å². The molecule has 0 amide bonds. The van der Waals surface area contributed by atoms with Gasteiger partial charge < -0.3 is 10.4 Å². The van der Waals surface area contributed by atoms with Gasteiger partial charge in [0.2, 0.25) is 0 Å². The van der Waals surface area contributed by atoms with E-state index in [1.807, 2.05) is 67.6 Å². The molecule has 2 heteroatoms. The summed E-state index contributed by atoms with van der Waals surface area (Å²) in [6.07, 6.45) is -0.594. The third-order valence-electron chi connectivity index (χ3n) is 4.04. The van der Waals surface area contributed by atoms with Gasteiger partial charge in [-0.15, -0.1) is 0 Å². The van der Waals surface area contributed by atoms with Crippen molar-refractivity contribution in [2.45, 2.75) is 20.0 Å². The highest BCUT2D eigenvalue weighted by Crippen LogP contribution is 2.25. The Hall–Kier alpha value is -2.58. The summed E-state index contributed by atoms with van der Waals surface area (Å²) >= 11 is 0. The van der Waals surface area contributed by atoms with E-state index in [0.29, 0.717) is 0 Å². The van der Waals surface area contributed by atoms with E-state index in [4.69, 9.17) is 0 Å². The van der Waals surface area contributed by atoms with E-state index < -0.39 is 6.10 Å². The average molecular weight is 303 g/mol. The molecule has 2 nitrogen and oxygen atoms in total. The van der Waals surface area contributed by atoms with Crippen LogP contribution in [0.2, 0.25) is 0 Å². The van der Waals surface area contributed by atoms with E-state index in [1.54, 1.807) is 0 Å². The van der Waals surface area contributed by atoms with Gasteiger partial charge in [0.25, 0.3) is 0 Å². The second kappa shape index (κ2) is 6.67. The SMILES string of the molecule is Cc1ccc(C(O)c2ccc(Nc3ccccc3C)cc2)cc1. The summed E-state index contributed by atoms with van der Waals surface area (Å²) < 4.78 is 0. The van der Waals surface area contributed by atoms with Gasteiger partial charge in [-0.25, -0.2) is 0 Å². The van der Waals surface area contributed by atoms with E-state index in [-0.39, 0.29) is 0 Å². The van der Waals surface area contributed by atoms with Crippen molar-refractivity contribution in [3.05, 3.63) is 95.1 Å². The number of hydrogen-bond acceptors (Lipinski definition) is 2. The standard InChI is InChI=1S/C21H21NO/c1-15-7-9-17(10-8-15)21(23)18-11-13-19(14-12-18)22-20-6-4-3-5-16(20)2/h3-14,21-23H,1-2H3. The summed E-state index contributed by atoms with van der Waals surface area (Å²) in [6.45, 7) is 4.13. The highest BCUT2D eigenvalue weighted by Gasteiger charge is 2.10. The molecule has 0 radical (unpaired) electrons. The second-order valence-electron chi connectivity index (χ2n) is 5.88. The van der Waals surface area contributed by atoms with Crippen molar-refractivity contribution in [1.82, 2.24) is 0 Å². The van der Waals surface area contributed by atoms with Crippen molar-refractivity contribution in [2.24, 2.45) is 0 Å². The van der Waals surface area contributed by atoms with Crippen LogP contribution < -0.4 is 5.32 Å². The maximum absolute atomic E-state index is 10.5. The monoisotopic (exact) mass is 303 g/mol. The maximum atomic E-state index is 10.5. The lowest BCUT2D eigenvalue weighted by Crippen LogP contribution is -2.00. The molecule has 0 fully saturated rings. The molecule has 0 aliphatic carbocycles. The molecular formula is C21H21NO. The number of hydrogen-bond donors (Lipinski definition) is 2. The number of anilines is 2. The molecule has 2 N–H and O–H groups in total. The molecular weight excluding hydrogens is 282 g/mol. The number of para-hydroxylation sites is 1. The quantitative estimate of drug-likeness (QED) is 0.700. The van der Waals surface area contributed by atoms with Gasteiger partial charge in [-0.05, 0) is 48.7 Å². The van der Waals surface area contributed by atoms with Crippen LogP contribution in [0.15, 0.2) is 72.8 Å². The molecule has 0 aromatic heterocycles. The lowest BCUT2D eigenvalue weighted by atomic mass is 10.0. The van der Waals surface area contributed by atoms with Gasteiger partial charge >= 0.3 is 0 Å². The minimum atomic E-state index is -0.594. The van der Waals surface area contributed by atoms with Crippen LogP contribution in [0.3, 0.4) is 0 Å². The molecule has 3 rings (SSSR count). The van der Waals surface area contributed by atoms with Crippen LogP contribution >= 0.6 is 0 Å². The summed E-state index contributed by atoms with van der Waals surface area (Å²) in [4.78, 5) is 0. The molecule has 0 bridgehead atoms. The van der Waals surface area contributed by atoms with Crippen molar-refractivity contribution in [3.63, 3.8) is 0 Å². The van der Waals surface area contributed by atoms with Crippen LogP contribution in [0.5, 0.6) is 0 Å². The van der Waals surface area contributed by atoms with Crippen LogP contribution in [0.25, 0.3) is 0 Å². The summed E-state index contributed by atoms with van der Waals surface area (Å²) in [5, 5.41) is 13.9. The molecule has 0 spiro atoms. The Morgan fingerprint density at radius 1 is 0.739 bits per heavy atom. The van der Waals surface area contributed by atoms with Gasteiger partial charge in [-0.1, -0.05) is 60.2 Å². The van der Waals surface area contributed by atoms with Crippen molar-refractivity contribution in [3.8, 4) is 0 Å². The van der Waals surface area contributed by atoms with Crippen LogP contribution in [0, 0.1) is 13.8 Å². The van der Waals surface area contributed by atoms with E-state index in [1.165, 1.54) is 11.1 Å². The first kappa shape index (κ1) is 15.3. The molecule has 0 aliphatic heterocycles. The molecule has 0 aliphatic rings. The predicted molar refractivity (Wildman–Crippen MR) is 96.1 cm³/mol. The van der Waals surface area contributed by atoms with Gasteiger partial charge in [0.15, 0.2) is 0 Å². The number of nitrogens with one attached hydrogen (secondary N) is 1. The minimum absolute atomic E-state index is 0.594. The van der Waals surface area contributed by atoms with Crippen LogP contribution in [-0.2, 0) is 0 Å². The molecule has 0 saturated heterocycles. The largest absolute Gasteiger partial charge is 0.384 e.